The summed E-state index contributed by atoms with van der Waals surface area (Å²) in [6.07, 6.45) is 6.37. The van der Waals surface area contributed by atoms with Gasteiger partial charge in [0.25, 0.3) is 0 Å². The van der Waals surface area contributed by atoms with Gasteiger partial charge in [-0.15, -0.1) is 0 Å². The minimum absolute atomic E-state index is 0.214. The van der Waals surface area contributed by atoms with E-state index in [4.69, 9.17) is 10.7 Å². The van der Waals surface area contributed by atoms with Gasteiger partial charge < -0.3 is 16.0 Å². The normalized spacial score (nSPS) is 23.3. The Morgan fingerprint density at radius 2 is 2.12 bits per heavy atom. The second-order valence-corrected chi connectivity index (χ2v) is 8.17. The van der Waals surface area contributed by atoms with Crippen molar-refractivity contribution in [2.45, 2.75) is 50.5 Å². The molecule has 0 bridgehead atoms. The molecule has 26 heavy (non-hydrogen) atoms. The Morgan fingerprint density at radius 1 is 1.27 bits per heavy atom. The first-order chi connectivity index (χ1) is 12.7. The van der Waals surface area contributed by atoms with Crippen molar-refractivity contribution in [1.29, 1.82) is 0 Å². The molecule has 1 spiro atoms. The highest BCUT2D eigenvalue weighted by molar-refractivity contribution is 5.74. The van der Waals surface area contributed by atoms with Crippen molar-refractivity contribution in [2.75, 3.05) is 24.5 Å². The Hall–Kier alpha value is -1.98. The van der Waals surface area contributed by atoms with Crippen molar-refractivity contribution in [3.63, 3.8) is 0 Å². The van der Waals surface area contributed by atoms with Crippen LogP contribution in [0.15, 0.2) is 24.5 Å². The van der Waals surface area contributed by atoms with Crippen molar-refractivity contribution in [3.8, 4) is 0 Å². The van der Waals surface area contributed by atoms with Gasteiger partial charge in [-0.05, 0) is 61.9 Å². The molecule has 3 heterocycles. The van der Waals surface area contributed by atoms with Gasteiger partial charge in [0, 0.05) is 35.4 Å². The van der Waals surface area contributed by atoms with E-state index in [2.05, 4.69) is 40.3 Å². The molecule has 3 aliphatic rings. The number of fused-ring (bicyclic) bond motifs is 3. The average molecular weight is 349 g/mol. The molecule has 2 aliphatic heterocycles. The third kappa shape index (κ3) is 2.30. The second-order valence-electron chi connectivity index (χ2n) is 8.17. The van der Waals surface area contributed by atoms with Crippen molar-refractivity contribution in [3.05, 3.63) is 46.9 Å². The molecule has 2 aromatic rings. The zero-order valence-corrected chi connectivity index (χ0v) is 15.5. The van der Waals surface area contributed by atoms with Crippen molar-refractivity contribution < 1.29 is 0 Å². The van der Waals surface area contributed by atoms with E-state index in [1.165, 1.54) is 47.3 Å². The molecule has 136 valence electrons. The minimum atomic E-state index is 0.214. The van der Waals surface area contributed by atoms with Crippen LogP contribution < -0.4 is 16.0 Å². The summed E-state index contributed by atoms with van der Waals surface area (Å²) in [5.41, 5.74) is 12.8. The Morgan fingerprint density at radius 3 is 2.92 bits per heavy atom. The number of hydrogen-bond donors (Lipinski definition) is 2. The first kappa shape index (κ1) is 16.2. The molecule has 1 unspecified atom stereocenters. The molecule has 0 amide bonds. The summed E-state index contributed by atoms with van der Waals surface area (Å²) in [6, 6.07) is 6.80. The number of aromatic nitrogens is 2. The Balaban J connectivity index is 1.66. The fourth-order valence-corrected chi connectivity index (χ4v) is 5.20. The lowest BCUT2D eigenvalue weighted by atomic mass is 9.74. The van der Waals surface area contributed by atoms with E-state index < -0.39 is 0 Å². The number of anilines is 2. The molecular weight excluding hydrogens is 322 g/mol. The summed E-state index contributed by atoms with van der Waals surface area (Å²) in [4.78, 5) is 11.8. The third-order valence-electron chi connectivity index (χ3n) is 6.69. The molecule has 1 atom stereocenters. The smallest absolute Gasteiger partial charge is 0.140 e. The van der Waals surface area contributed by atoms with E-state index in [0.29, 0.717) is 12.5 Å². The summed E-state index contributed by atoms with van der Waals surface area (Å²) in [5.74, 6) is 1.68. The van der Waals surface area contributed by atoms with Gasteiger partial charge in [-0.25, -0.2) is 9.97 Å². The highest BCUT2D eigenvalue weighted by Gasteiger charge is 2.45. The van der Waals surface area contributed by atoms with Crippen LogP contribution in [0, 0.1) is 0 Å². The molecule has 0 radical (unpaired) electrons. The molecule has 1 aromatic heterocycles. The van der Waals surface area contributed by atoms with Crippen LogP contribution in [0.3, 0.4) is 0 Å². The lowest BCUT2D eigenvalue weighted by molar-refractivity contribution is 0.329. The maximum Gasteiger partial charge on any atom is 0.140 e. The molecule has 3 N–H and O–H groups in total. The predicted octanol–water partition coefficient (Wildman–Crippen LogP) is 2.76. The number of aryl methyl sites for hydroxylation is 1. The van der Waals surface area contributed by atoms with E-state index in [1.807, 2.05) is 0 Å². The van der Waals surface area contributed by atoms with E-state index >= 15 is 0 Å². The fraction of sp³-hybridized carbons (Fsp3) is 0.524. The van der Waals surface area contributed by atoms with Crippen molar-refractivity contribution >= 4 is 11.5 Å². The maximum absolute atomic E-state index is 5.95. The number of nitrogens with two attached hydrogens (primary N) is 1. The summed E-state index contributed by atoms with van der Waals surface area (Å²) in [5, 5.41) is 3.53. The Bertz CT molecular complexity index is 840. The van der Waals surface area contributed by atoms with Gasteiger partial charge in [-0.3, -0.25) is 0 Å². The SMILES string of the molecule is CC1CCc2ncnc(N3CC4(CCNCC4)c4cc(CN)ccc43)c21. The van der Waals surface area contributed by atoms with E-state index in [1.54, 1.807) is 6.33 Å². The summed E-state index contributed by atoms with van der Waals surface area (Å²) < 4.78 is 0. The van der Waals surface area contributed by atoms with Crippen molar-refractivity contribution in [1.82, 2.24) is 15.3 Å². The van der Waals surface area contributed by atoms with Gasteiger partial charge in [0.1, 0.15) is 12.1 Å². The first-order valence-electron chi connectivity index (χ1n) is 9.87. The van der Waals surface area contributed by atoms with Gasteiger partial charge in [-0.1, -0.05) is 19.1 Å². The zero-order valence-electron chi connectivity index (χ0n) is 15.5. The van der Waals surface area contributed by atoms with Gasteiger partial charge in [0.05, 0.1) is 0 Å². The van der Waals surface area contributed by atoms with E-state index in [-0.39, 0.29) is 5.41 Å². The molecular formula is C21H27N5. The second kappa shape index (κ2) is 6.03. The number of nitrogens with one attached hydrogen (secondary N) is 1. The zero-order chi connectivity index (χ0) is 17.7. The number of rotatable bonds is 2. The number of piperidine rings is 1. The van der Waals surface area contributed by atoms with Crippen LogP contribution >= 0.6 is 0 Å². The maximum atomic E-state index is 5.95. The average Bonchev–Trinajstić information content (AvgIpc) is 3.21. The molecule has 1 saturated heterocycles. The molecule has 1 aliphatic carbocycles. The summed E-state index contributed by atoms with van der Waals surface area (Å²) in [7, 11) is 0. The van der Waals surface area contributed by atoms with Gasteiger partial charge in [0.15, 0.2) is 0 Å². The van der Waals surface area contributed by atoms with E-state index in [9.17, 15) is 0 Å². The molecule has 5 rings (SSSR count). The third-order valence-corrected chi connectivity index (χ3v) is 6.69. The number of benzene rings is 1. The summed E-state index contributed by atoms with van der Waals surface area (Å²) in [6.45, 7) is 6.10. The van der Waals surface area contributed by atoms with Crippen LogP contribution in [0.2, 0.25) is 0 Å². The number of hydrogen-bond acceptors (Lipinski definition) is 5. The highest BCUT2D eigenvalue weighted by atomic mass is 15.2. The van der Waals surface area contributed by atoms with Gasteiger partial charge in [0.2, 0.25) is 0 Å². The summed E-state index contributed by atoms with van der Waals surface area (Å²) >= 11 is 0. The van der Waals surface area contributed by atoms with Crippen LogP contribution in [-0.2, 0) is 18.4 Å². The van der Waals surface area contributed by atoms with Gasteiger partial charge in [-0.2, -0.15) is 0 Å². The van der Waals surface area contributed by atoms with Crippen LogP contribution in [0.4, 0.5) is 11.5 Å². The predicted molar refractivity (Wildman–Crippen MR) is 104 cm³/mol. The van der Waals surface area contributed by atoms with Crippen molar-refractivity contribution in [2.24, 2.45) is 5.73 Å². The monoisotopic (exact) mass is 349 g/mol. The van der Waals surface area contributed by atoms with Gasteiger partial charge >= 0.3 is 0 Å². The molecule has 0 saturated carbocycles. The Labute approximate surface area is 155 Å². The largest absolute Gasteiger partial charge is 0.326 e. The molecule has 5 heteroatoms. The first-order valence-corrected chi connectivity index (χ1v) is 9.87. The topological polar surface area (TPSA) is 67.1 Å². The standard InChI is InChI=1S/C21H27N5/c1-14-2-4-17-19(14)20(25-13-24-17)26-12-21(6-8-23-9-7-21)16-10-15(11-22)3-5-18(16)26/h3,5,10,13-14,23H,2,4,6-9,11-12,22H2,1H3. The Kier molecular flexibility index (Phi) is 3.76. The molecule has 1 aromatic carbocycles. The molecule has 1 fully saturated rings. The minimum Gasteiger partial charge on any atom is -0.326 e. The fourth-order valence-electron chi connectivity index (χ4n) is 5.20. The van der Waals surface area contributed by atoms with E-state index in [0.717, 1.165) is 31.9 Å². The lowest BCUT2D eigenvalue weighted by Gasteiger charge is -2.35. The number of nitrogens with zero attached hydrogens (tertiary/aromatic N) is 3. The van der Waals surface area contributed by atoms with Crippen LogP contribution in [0.5, 0.6) is 0 Å². The quantitative estimate of drug-likeness (QED) is 0.873. The van der Waals surface area contributed by atoms with Crippen LogP contribution in [-0.4, -0.2) is 29.6 Å². The lowest BCUT2D eigenvalue weighted by Crippen LogP contribution is -2.42. The highest BCUT2D eigenvalue weighted by Crippen LogP contribution is 2.50. The molecule has 5 nitrogen and oxygen atoms in total. The van der Waals surface area contributed by atoms with Crippen LogP contribution in [0.25, 0.3) is 0 Å². The van der Waals surface area contributed by atoms with Crippen LogP contribution in [0.1, 0.15) is 54.5 Å².